The highest BCUT2D eigenvalue weighted by Crippen LogP contribution is 2.31. The second-order valence-electron chi connectivity index (χ2n) is 8.99. The number of piperidine rings is 1. The largest absolute Gasteiger partial charge is 0.366 e. The van der Waals surface area contributed by atoms with Crippen LogP contribution in [0.1, 0.15) is 51.1 Å². The first-order valence-corrected chi connectivity index (χ1v) is 12.3. The first kappa shape index (κ1) is 22.5. The van der Waals surface area contributed by atoms with Crippen LogP contribution in [0.2, 0.25) is 5.02 Å². The molecule has 2 aliphatic rings. The molecule has 0 saturated carbocycles. The summed E-state index contributed by atoms with van der Waals surface area (Å²) in [6.45, 7) is 3.18. The minimum absolute atomic E-state index is 0.0346. The van der Waals surface area contributed by atoms with E-state index < -0.39 is 0 Å². The van der Waals surface area contributed by atoms with Crippen molar-refractivity contribution in [3.05, 3.63) is 94.0 Å². The number of halogens is 1. The summed E-state index contributed by atoms with van der Waals surface area (Å²) < 4.78 is 0. The zero-order chi connectivity index (χ0) is 23.5. The molecule has 0 bridgehead atoms. The van der Waals surface area contributed by atoms with Crippen molar-refractivity contribution in [1.82, 2.24) is 4.90 Å². The third-order valence-corrected chi connectivity index (χ3v) is 6.92. The van der Waals surface area contributed by atoms with Crippen molar-refractivity contribution >= 4 is 34.8 Å². The Hall–Kier alpha value is -3.31. The molecule has 5 rings (SSSR count). The highest BCUT2D eigenvalue weighted by Gasteiger charge is 2.26. The maximum atomic E-state index is 13.6. The normalized spacial score (nSPS) is 15.6. The number of nitrogens with zero attached hydrogens (tertiary/aromatic N) is 2. The van der Waals surface area contributed by atoms with Crippen molar-refractivity contribution in [2.45, 2.75) is 32.2 Å². The first-order valence-electron chi connectivity index (χ1n) is 11.9. The van der Waals surface area contributed by atoms with Gasteiger partial charge in [-0.05, 0) is 73.2 Å². The van der Waals surface area contributed by atoms with Crippen molar-refractivity contribution in [2.24, 2.45) is 0 Å². The van der Waals surface area contributed by atoms with Crippen LogP contribution in [0.15, 0.2) is 66.7 Å². The Morgan fingerprint density at radius 1 is 0.824 bits per heavy atom. The van der Waals surface area contributed by atoms with Gasteiger partial charge in [-0.3, -0.25) is 9.59 Å². The van der Waals surface area contributed by atoms with E-state index in [1.165, 1.54) is 11.1 Å². The highest BCUT2D eigenvalue weighted by atomic mass is 35.5. The Morgan fingerprint density at radius 2 is 1.62 bits per heavy atom. The van der Waals surface area contributed by atoms with E-state index in [9.17, 15) is 9.59 Å². The molecular weight excluding hydrogens is 446 g/mol. The van der Waals surface area contributed by atoms with Gasteiger partial charge in [0.2, 0.25) is 0 Å². The Balaban J connectivity index is 1.46. The molecule has 0 atom stereocenters. The van der Waals surface area contributed by atoms with Gasteiger partial charge in [0.1, 0.15) is 0 Å². The maximum absolute atomic E-state index is 13.6. The molecule has 1 N–H and O–H groups in total. The number of carbonyl (C=O) groups excluding carboxylic acids is 2. The van der Waals surface area contributed by atoms with Crippen LogP contribution in [0.5, 0.6) is 0 Å². The summed E-state index contributed by atoms with van der Waals surface area (Å²) in [5.74, 6) is -0.217. The lowest BCUT2D eigenvalue weighted by Gasteiger charge is -2.34. The average Bonchev–Trinajstić information content (AvgIpc) is 2.88. The fourth-order valence-electron chi connectivity index (χ4n) is 4.86. The number of rotatable bonds is 4. The molecule has 2 amide bonds. The van der Waals surface area contributed by atoms with E-state index in [1.807, 2.05) is 23.1 Å². The lowest BCUT2D eigenvalue weighted by molar-refractivity contribution is 0.0724. The summed E-state index contributed by atoms with van der Waals surface area (Å²) in [6.07, 6.45) is 4.17. The summed E-state index contributed by atoms with van der Waals surface area (Å²) in [7, 11) is 0. The second-order valence-corrected chi connectivity index (χ2v) is 9.43. The molecular formula is C28H28ClN3O2. The molecule has 2 heterocycles. The van der Waals surface area contributed by atoms with E-state index in [-0.39, 0.29) is 11.8 Å². The molecule has 2 aliphatic heterocycles. The SMILES string of the molecule is O=C(Nc1ccc(N2CCc3ccccc3C2)c(C(=O)N2CCCCC2)c1)c1cccc(Cl)c1. The summed E-state index contributed by atoms with van der Waals surface area (Å²) in [4.78, 5) is 30.7. The van der Waals surface area contributed by atoms with Crippen LogP contribution in [0.25, 0.3) is 0 Å². The number of benzene rings is 3. The molecule has 3 aromatic carbocycles. The molecule has 6 heteroatoms. The van der Waals surface area contributed by atoms with E-state index in [2.05, 4.69) is 34.5 Å². The molecule has 34 heavy (non-hydrogen) atoms. The van der Waals surface area contributed by atoms with E-state index >= 15 is 0 Å². The van der Waals surface area contributed by atoms with Gasteiger partial charge in [-0.2, -0.15) is 0 Å². The van der Waals surface area contributed by atoms with Crippen molar-refractivity contribution in [3.8, 4) is 0 Å². The maximum Gasteiger partial charge on any atom is 0.256 e. The molecule has 0 radical (unpaired) electrons. The van der Waals surface area contributed by atoms with Crippen LogP contribution in [0.4, 0.5) is 11.4 Å². The first-order chi connectivity index (χ1) is 16.6. The molecule has 174 valence electrons. The van der Waals surface area contributed by atoms with Crippen LogP contribution in [-0.4, -0.2) is 36.3 Å². The number of hydrogen-bond acceptors (Lipinski definition) is 3. The smallest absolute Gasteiger partial charge is 0.256 e. The van der Waals surface area contributed by atoms with Crippen molar-refractivity contribution in [3.63, 3.8) is 0 Å². The number of nitrogens with one attached hydrogen (secondary N) is 1. The number of anilines is 2. The molecule has 1 fully saturated rings. The van der Waals surface area contributed by atoms with Crippen LogP contribution in [0, 0.1) is 0 Å². The second kappa shape index (κ2) is 9.90. The van der Waals surface area contributed by atoms with E-state index in [1.54, 1.807) is 24.3 Å². The van der Waals surface area contributed by atoms with Gasteiger partial charge in [-0.1, -0.05) is 41.9 Å². The highest BCUT2D eigenvalue weighted by molar-refractivity contribution is 6.31. The molecule has 0 unspecified atom stereocenters. The minimum Gasteiger partial charge on any atom is -0.366 e. The predicted octanol–water partition coefficient (Wildman–Crippen LogP) is 5.78. The Morgan fingerprint density at radius 3 is 2.41 bits per heavy atom. The lowest BCUT2D eigenvalue weighted by atomic mass is 9.98. The summed E-state index contributed by atoms with van der Waals surface area (Å²) >= 11 is 6.05. The van der Waals surface area contributed by atoms with Crippen LogP contribution >= 0.6 is 11.6 Å². The quantitative estimate of drug-likeness (QED) is 0.522. The topological polar surface area (TPSA) is 52.7 Å². The average molecular weight is 474 g/mol. The lowest BCUT2D eigenvalue weighted by Crippen LogP contribution is -2.38. The van der Waals surface area contributed by atoms with Crippen molar-refractivity contribution in [1.29, 1.82) is 0 Å². The zero-order valence-corrected chi connectivity index (χ0v) is 19.9. The third kappa shape index (κ3) is 4.80. The number of fused-ring (bicyclic) bond motifs is 1. The molecule has 3 aromatic rings. The standard InChI is InChI=1S/C28H28ClN3O2/c29-23-10-6-9-21(17-23)27(33)30-24-11-12-26(25(18-24)28(34)31-14-4-1-5-15-31)32-16-13-20-7-2-3-8-22(20)19-32/h2-3,6-12,17-18H,1,4-5,13-16,19H2,(H,30,33). The van der Waals surface area contributed by atoms with E-state index in [4.69, 9.17) is 11.6 Å². The fourth-order valence-corrected chi connectivity index (χ4v) is 5.05. The Labute approximate surface area is 205 Å². The van der Waals surface area contributed by atoms with Crippen molar-refractivity contribution in [2.75, 3.05) is 29.9 Å². The number of amides is 2. The number of hydrogen-bond donors (Lipinski definition) is 1. The van der Waals surface area contributed by atoms with E-state index in [0.29, 0.717) is 21.8 Å². The summed E-state index contributed by atoms with van der Waals surface area (Å²) in [6, 6.07) is 21.0. The van der Waals surface area contributed by atoms with Crippen molar-refractivity contribution < 1.29 is 9.59 Å². The summed E-state index contributed by atoms with van der Waals surface area (Å²) in [5.41, 5.74) is 5.31. The number of carbonyl (C=O) groups is 2. The molecule has 1 saturated heterocycles. The van der Waals surface area contributed by atoms with Gasteiger partial charge in [-0.15, -0.1) is 0 Å². The van der Waals surface area contributed by atoms with E-state index in [0.717, 1.165) is 57.5 Å². The molecule has 5 nitrogen and oxygen atoms in total. The fraction of sp³-hybridized carbons (Fsp3) is 0.286. The molecule has 0 spiro atoms. The van der Waals surface area contributed by atoms with Gasteiger partial charge >= 0.3 is 0 Å². The van der Waals surface area contributed by atoms with Gasteiger partial charge in [0.15, 0.2) is 0 Å². The number of likely N-dealkylation sites (tertiary alicyclic amines) is 1. The zero-order valence-electron chi connectivity index (χ0n) is 19.1. The van der Waals surface area contributed by atoms with Gasteiger partial charge in [0.05, 0.1) is 5.56 Å². The van der Waals surface area contributed by atoms with Gasteiger partial charge in [0.25, 0.3) is 11.8 Å². The monoisotopic (exact) mass is 473 g/mol. The molecule has 0 aromatic heterocycles. The van der Waals surface area contributed by atoms with Crippen LogP contribution < -0.4 is 10.2 Å². The van der Waals surface area contributed by atoms with Crippen LogP contribution in [-0.2, 0) is 13.0 Å². The van der Waals surface area contributed by atoms with Gasteiger partial charge < -0.3 is 15.1 Å². The summed E-state index contributed by atoms with van der Waals surface area (Å²) in [5, 5.41) is 3.45. The minimum atomic E-state index is -0.251. The molecule has 0 aliphatic carbocycles. The van der Waals surface area contributed by atoms with Crippen LogP contribution in [0.3, 0.4) is 0 Å². The van der Waals surface area contributed by atoms with Gasteiger partial charge in [0, 0.05) is 48.1 Å². The third-order valence-electron chi connectivity index (χ3n) is 6.69. The van der Waals surface area contributed by atoms with Gasteiger partial charge in [-0.25, -0.2) is 0 Å². The predicted molar refractivity (Wildman–Crippen MR) is 137 cm³/mol. The Kier molecular flexibility index (Phi) is 6.54. The Bertz CT molecular complexity index is 1220.